The van der Waals surface area contributed by atoms with Gasteiger partial charge in [0.15, 0.2) is 5.78 Å². The Morgan fingerprint density at radius 3 is 2.38 bits per heavy atom. The van der Waals surface area contributed by atoms with E-state index in [1.165, 1.54) is 7.11 Å². The van der Waals surface area contributed by atoms with Gasteiger partial charge in [-0.2, -0.15) is 0 Å². The lowest BCUT2D eigenvalue weighted by atomic mass is 9.84. The van der Waals surface area contributed by atoms with Crippen LogP contribution in [0.1, 0.15) is 39.5 Å². The minimum Gasteiger partial charge on any atom is -0.480 e. The van der Waals surface area contributed by atoms with Crippen LogP contribution in [0.2, 0.25) is 0 Å². The Kier molecular flexibility index (Phi) is 5.78. The van der Waals surface area contributed by atoms with Gasteiger partial charge in [0.05, 0.1) is 7.11 Å². The first kappa shape index (κ1) is 18.3. The molecule has 0 unspecified atom stereocenters. The highest BCUT2D eigenvalue weighted by molar-refractivity contribution is 9.10. The molecule has 0 aliphatic heterocycles. The van der Waals surface area contributed by atoms with E-state index in [4.69, 9.17) is 4.74 Å². The van der Waals surface area contributed by atoms with Crippen LogP contribution >= 0.6 is 15.9 Å². The van der Waals surface area contributed by atoms with Gasteiger partial charge in [0.25, 0.3) is 0 Å². The summed E-state index contributed by atoms with van der Waals surface area (Å²) in [6, 6.07) is 19.6. The summed E-state index contributed by atoms with van der Waals surface area (Å²) >= 11 is 3.47. The van der Waals surface area contributed by atoms with E-state index < -0.39 is 0 Å². The van der Waals surface area contributed by atoms with Crippen LogP contribution in [0.15, 0.2) is 65.1 Å². The van der Waals surface area contributed by atoms with E-state index >= 15 is 0 Å². The molecule has 0 amide bonds. The quantitative estimate of drug-likeness (QED) is 0.538. The van der Waals surface area contributed by atoms with E-state index in [1.54, 1.807) is 12.1 Å². The summed E-state index contributed by atoms with van der Waals surface area (Å²) in [6.07, 6.45) is 0.327. The third kappa shape index (κ3) is 4.17. The number of hydrogen-bond acceptors (Lipinski definition) is 4. The van der Waals surface area contributed by atoms with Gasteiger partial charge in [-0.15, -0.1) is 10.2 Å². The summed E-state index contributed by atoms with van der Waals surface area (Å²) < 4.78 is 6.02. The molecule has 0 fully saturated rings. The van der Waals surface area contributed by atoms with Gasteiger partial charge in [-0.05, 0) is 41.8 Å². The predicted molar refractivity (Wildman–Crippen MR) is 105 cm³/mol. The number of halogens is 1. The molecule has 0 spiro atoms. The van der Waals surface area contributed by atoms with E-state index in [9.17, 15) is 4.79 Å². The smallest absolute Gasteiger partial charge is 0.233 e. The first-order chi connectivity index (χ1) is 12.6. The van der Waals surface area contributed by atoms with Crippen molar-refractivity contribution in [2.24, 2.45) is 0 Å². The maximum absolute atomic E-state index is 12.8. The van der Waals surface area contributed by atoms with E-state index in [-0.39, 0.29) is 11.7 Å². The van der Waals surface area contributed by atoms with Crippen molar-refractivity contribution in [3.63, 3.8) is 0 Å². The molecule has 0 saturated heterocycles. The van der Waals surface area contributed by atoms with Crippen LogP contribution < -0.4 is 4.74 Å². The van der Waals surface area contributed by atoms with Crippen molar-refractivity contribution < 1.29 is 9.53 Å². The summed E-state index contributed by atoms with van der Waals surface area (Å²) in [6.45, 7) is 2.07. The molecular weight excluding hydrogens is 392 g/mol. The largest absolute Gasteiger partial charge is 0.480 e. The molecule has 5 heteroatoms. The summed E-state index contributed by atoms with van der Waals surface area (Å²) in [5, 5.41) is 7.90. The third-order valence-corrected chi connectivity index (χ3v) is 4.89. The number of Topliss-reactive ketones (excluding diaryl/α,β-unsaturated/α-hetero) is 1. The van der Waals surface area contributed by atoms with Crippen molar-refractivity contribution >= 4 is 21.7 Å². The van der Waals surface area contributed by atoms with Gasteiger partial charge in [-0.1, -0.05) is 52.3 Å². The number of hydrogen-bond donors (Lipinski definition) is 0. The Labute approximate surface area is 161 Å². The molecule has 4 nitrogen and oxygen atoms in total. The average molecular weight is 411 g/mol. The van der Waals surface area contributed by atoms with E-state index in [0.717, 1.165) is 21.2 Å². The number of carbonyl (C=O) groups excluding carboxylic acids is 1. The molecule has 0 aliphatic rings. The summed E-state index contributed by atoms with van der Waals surface area (Å²) in [5.74, 6) is 0.307. The van der Waals surface area contributed by atoms with E-state index in [0.29, 0.717) is 18.0 Å². The van der Waals surface area contributed by atoms with Gasteiger partial charge in [-0.3, -0.25) is 4.79 Å². The number of benzene rings is 2. The van der Waals surface area contributed by atoms with Crippen molar-refractivity contribution in [3.8, 4) is 5.88 Å². The maximum Gasteiger partial charge on any atom is 0.233 e. The number of rotatable bonds is 6. The Hall–Kier alpha value is -2.53. The van der Waals surface area contributed by atoms with Crippen molar-refractivity contribution in [2.75, 3.05) is 7.11 Å². The molecule has 3 rings (SSSR count). The molecule has 0 radical (unpaired) electrons. The minimum absolute atomic E-state index is 0.0410. The monoisotopic (exact) mass is 410 g/mol. The Bertz CT molecular complexity index is 893. The Morgan fingerprint density at radius 1 is 1.04 bits per heavy atom. The van der Waals surface area contributed by atoms with Crippen LogP contribution in [0.3, 0.4) is 0 Å². The van der Waals surface area contributed by atoms with Gasteiger partial charge in [-0.25, -0.2) is 0 Å². The molecule has 3 aromatic rings. The van der Waals surface area contributed by atoms with Gasteiger partial charge in [0.2, 0.25) is 5.88 Å². The van der Waals surface area contributed by atoms with Crippen LogP contribution in [-0.2, 0) is 0 Å². The Balaban J connectivity index is 1.94. The maximum atomic E-state index is 12.8. The number of nitrogens with zero attached hydrogens (tertiary/aromatic N) is 2. The number of methoxy groups -OCH3 is 1. The zero-order valence-electron chi connectivity index (χ0n) is 14.6. The highest BCUT2D eigenvalue weighted by Crippen LogP contribution is 2.32. The molecule has 1 aromatic heterocycles. The fourth-order valence-corrected chi connectivity index (χ4v) is 3.21. The van der Waals surface area contributed by atoms with Crippen molar-refractivity contribution in [3.05, 3.63) is 87.5 Å². The standard InChI is InChI=1S/C21H19BrN2O2/c1-14-5-3-4-6-17(14)18(15-7-9-16(22)10-8-15)13-20(25)19-11-12-21(26-2)24-23-19/h3-12,18H,13H2,1-2H3/t18-/m0/s1. The zero-order chi connectivity index (χ0) is 18.5. The number of ether oxygens (including phenoxy) is 1. The second kappa shape index (κ2) is 8.23. The molecular formula is C21H19BrN2O2. The fourth-order valence-electron chi connectivity index (χ4n) is 2.95. The molecule has 0 aliphatic carbocycles. The topological polar surface area (TPSA) is 52.1 Å². The predicted octanol–water partition coefficient (Wildman–Crippen LogP) is 4.96. The molecule has 132 valence electrons. The van der Waals surface area contributed by atoms with E-state index in [2.05, 4.69) is 45.2 Å². The Morgan fingerprint density at radius 2 is 1.77 bits per heavy atom. The van der Waals surface area contributed by atoms with Gasteiger partial charge < -0.3 is 4.74 Å². The lowest BCUT2D eigenvalue weighted by Crippen LogP contribution is -2.12. The van der Waals surface area contributed by atoms with Crippen LogP contribution in [0.25, 0.3) is 0 Å². The first-order valence-electron chi connectivity index (χ1n) is 8.30. The normalized spacial score (nSPS) is 11.8. The molecule has 0 N–H and O–H groups in total. The minimum atomic E-state index is -0.0451. The molecule has 0 bridgehead atoms. The second-order valence-electron chi connectivity index (χ2n) is 6.05. The third-order valence-electron chi connectivity index (χ3n) is 4.36. The lowest BCUT2D eigenvalue weighted by Gasteiger charge is -2.19. The van der Waals surface area contributed by atoms with Crippen LogP contribution in [-0.4, -0.2) is 23.1 Å². The van der Waals surface area contributed by atoms with E-state index in [1.807, 2.05) is 36.4 Å². The van der Waals surface area contributed by atoms with Gasteiger partial charge in [0, 0.05) is 22.9 Å². The number of carbonyl (C=O) groups is 1. The van der Waals surface area contributed by atoms with Crippen LogP contribution in [0.5, 0.6) is 5.88 Å². The summed E-state index contributed by atoms with van der Waals surface area (Å²) in [5.41, 5.74) is 3.75. The number of aromatic nitrogens is 2. The van der Waals surface area contributed by atoms with Crippen LogP contribution in [0, 0.1) is 6.92 Å². The van der Waals surface area contributed by atoms with Gasteiger partial charge in [0.1, 0.15) is 5.69 Å². The molecule has 26 heavy (non-hydrogen) atoms. The SMILES string of the molecule is COc1ccc(C(=O)C[C@@H](c2ccc(Br)cc2)c2ccccc2C)nn1. The van der Waals surface area contributed by atoms with Crippen molar-refractivity contribution in [2.45, 2.75) is 19.3 Å². The van der Waals surface area contributed by atoms with Gasteiger partial charge >= 0.3 is 0 Å². The fraction of sp³-hybridized carbons (Fsp3) is 0.190. The molecule has 1 heterocycles. The molecule has 1 atom stereocenters. The second-order valence-corrected chi connectivity index (χ2v) is 6.96. The highest BCUT2D eigenvalue weighted by Gasteiger charge is 2.21. The van der Waals surface area contributed by atoms with Crippen molar-refractivity contribution in [1.29, 1.82) is 0 Å². The highest BCUT2D eigenvalue weighted by atomic mass is 79.9. The van der Waals surface area contributed by atoms with Crippen LogP contribution in [0.4, 0.5) is 0 Å². The molecule has 2 aromatic carbocycles. The first-order valence-corrected chi connectivity index (χ1v) is 9.09. The summed E-state index contributed by atoms with van der Waals surface area (Å²) in [4.78, 5) is 12.8. The average Bonchev–Trinajstić information content (AvgIpc) is 2.67. The lowest BCUT2D eigenvalue weighted by molar-refractivity contribution is 0.0971. The molecule has 0 saturated carbocycles. The number of ketones is 1. The summed E-state index contributed by atoms with van der Waals surface area (Å²) in [7, 11) is 1.52. The zero-order valence-corrected chi connectivity index (χ0v) is 16.2. The van der Waals surface area contributed by atoms with Crippen molar-refractivity contribution in [1.82, 2.24) is 10.2 Å². The number of aryl methyl sites for hydroxylation is 1.